The van der Waals surface area contributed by atoms with Crippen LogP contribution in [0.4, 0.5) is 0 Å². The first-order valence-corrected chi connectivity index (χ1v) is 4.24. The Hall–Kier alpha value is -1.63. The molecular weight excluding hydrogens is 204 g/mol. The van der Waals surface area contributed by atoms with Gasteiger partial charge in [-0.1, -0.05) is 0 Å². The summed E-state index contributed by atoms with van der Waals surface area (Å²) in [6.07, 6.45) is 1.11. The van der Waals surface area contributed by atoms with E-state index in [1.54, 1.807) is 0 Å². The molecule has 0 radical (unpaired) electrons. The van der Waals surface area contributed by atoms with Crippen LogP contribution in [0, 0.1) is 0 Å². The first-order chi connectivity index (χ1) is 6.59. The molecule has 1 atom stereocenters. The van der Waals surface area contributed by atoms with Crippen LogP contribution in [0.25, 0.3) is 0 Å². The normalized spacial score (nSPS) is 25.8. The second kappa shape index (κ2) is 2.95. The number of hydrogen-bond donors (Lipinski definition) is 1. The van der Waals surface area contributed by atoms with Gasteiger partial charge in [-0.25, -0.2) is 4.99 Å². The van der Waals surface area contributed by atoms with Gasteiger partial charge in [0.25, 0.3) is 11.8 Å². The van der Waals surface area contributed by atoms with Crippen LogP contribution in [0.2, 0.25) is 0 Å². The molecule has 0 bridgehead atoms. The summed E-state index contributed by atoms with van der Waals surface area (Å²) in [5.41, 5.74) is 0. The number of likely N-dealkylation sites (N-methyl/N-ethyl adjacent to an activating group) is 1. The maximum Gasteiger partial charge on any atom is 0.269 e. The van der Waals surface area contributed by atoms with E-state index in [2.05, 4.69) is 15.3 Å². The van der Waals surface area contributed by atoms with Gasteiger partial charge in [0.2, 0.25) is 5.11 Å². The van der Waals surface area contributed by atoms with Crippen molar-refractivity contribution in [2.75, 3.05) is 7.05 Å². The van der Waals surface area contributed by atoms with Gasteiger partial charge in [0.15, 0.2) is 6.04 Å². The number of fused-ring (bicyclic) bond motifs is 1. The van der Waals surface area contributed by atoms with Crippen LogP contribution in [-0.4, -0.2) is 47.0 Å². The van der Waals surface area contributed by atoms with E-state index in [-0.39, 0.29) is 22.8 Å². The smallest absolute Gasteiger partial charge is 0.269 e. The lowest BCUT2D eigenvalue weighted by Gasteiger charge is -2.28. The highest BCUT2D eigenvalue weighted by Crippen LogP contribution is 2.09. The summed E-state index contributed by atoms with van der Waals surface area (Å²) < 4.78 is 0. The minimum Gasteiger partial charge on any atom is -0.299 e. The number of thiocarbonyl (C=S) groups is 1. The molecule has 1 N–H and O–H groups in total. The quantitative estimate of drug-likeness (QED) is 0.505. The minimum absolute atomic E-state index is 0.0676. The molecule has 2 amide bonds. The van der Waals surface area contributed by atoms with Gasteiger partial charge in [-0.3, -0.25) is 24.8 Å². The molecule has 2 aliphatic heterocycles. The van der Waals surface area contributed by atoms with Crippen molar-refractivity contribution in [1.29, 1.82) is 0 Å². The fourth-order valence-corrected chi connectivity index (χ4v) is 1.41. The fourth-order valence-electron chi connectivity index (χ4n) is 1.21. The summed E-state index contributed by atoms with van der Waals surface area (Å²) in [6.45, 7) is 0. The standard InChI is InChI=1S/C7H6N4O2S/c1-11-3(12)2-8-4-5(11)9-7(14)10-6(4)13/h2,4H,1H3,(H,10,13,14). The van der Waals surface area contributed by atoms with E-state index >= 15 is 0 Å². The Morgan fingerprint density at radius 3 is 3.00 bits per heavy atom. The topological polar surface area (TPSA) is 74.1 Å². The van der Waals surface area contributed by atoms with Crippen LogP contribution in [-0.2, 0) is 9.59 Å². The molecule has 14 heavy (non-hydrogen) atoms. The Kier molecular flexibility index (Phi) is 1.88. The Morgan fingerprint density at radius 1 is 1.57 bits per heavy atom. The van der Waals surface area contributed by atoms with Crippen molar-refractivity contribution in [3.05, 3.63) is 0 Å². The molecule has 2 heterocycles. The van der Waals surface area contributed by atoms with Crippen molar-refractivity contribution < 1.29 is 9.59 Å². The molecular formula is C7H6N4O2S. The largest absolute Gasteiger partial charge is 0.299 e. The molecule has 0 spiro atoms. The number of amidine groups is 1. The summed E-state index contributed by atoms with van der Waals surface area (Å²) >= 11 is 4.73. The summed E-state index contributed by atoms with van der Waals surface area (Å²) in [5, 5.41) is 2.43. The average molecular weight is 210 g/mol. The molecule has 0 aromatic rings. The first kappa shape index (κ1) is 8.95. The van der Waals surface area contributed by atoms with Crippen LogP contribution < -0.4 is 5.32 Å². The lowest BCUT2D eigenvalue weighted by atomic mass is 10.2. The predicted molar refractivity (Wildman–Crippen MR) is 53.2 cm³/mol. The zero-order valence-corrected chi connectivity index (χ0v) is 8.04. The maximum absolute atomic E-state index is 11.4. The molecule has 6 nitrogen and oxygen atoms in total. The molecule has 0 aliphatic carbocycles. The third-order valence-corrected chi connectivity index (χ3v) is 2.14. The monoisotopic (exact) mass is 210 g/mol. The van der Waals surface area contributed by atoms with E-state index in [4.69, 9.17) is 12.2 Å². The molecule has 2 rings (SSSR count). The van der Waals surface area contributed by atoms with Gasteiger partial charge in [0.1, 0.15) is 5.84 Å². The molecule has 7 heteroatoms. The molecule has 0 saturated carbocycles. The van der Waals surface area contributed by atoms with Crippen molar-refractivity contribution >= 4 is 41.2 Å². The highest BCUT2D eigenvalue weighted by molar-refractivity contribution is 7.80. The van der Waals surface area contributed by atoms with Gasteiger partial charge in [-0.15, -0.1) is 0 Å². The molecule has 1 unspecified atom stereocenters. The molecule has 0 aromatic heterocycles. The number of carbonyl (C=O) groups excluding carboxylic acids is 2. The summed E-state index contributed by atoms with van der Waals surface area (Å²) in [6, 6.07) is -0.746. The van der Waals surface area contributed by atoms with Gasteiger partial charge in [-0.2, -0.15) is 0 Å². The predicted octanol–water partition coefficient (Wildman–Crippen LogP) is -1.29. The third-order valence-electron chi connectivity index (χ3n) is 1.95. The van der Waals surface area contributed by atoms with Crippen molar-refractivity contribution in [1.82, 2.24) is 10.2 Å². The lowest BCUT2D eigenvalue weighted by molar-refractivity contribution is -0.121. The van der Waals surface area contributed by atoms with Gasteiger partial charge >= 0.3 is 0 Å². The van der Waals surface area contributed by atoms with E-state index in [9.17, 15) is 9.59 Å². The van der Waals surface area contributed by atoms with Gasteiger partial charge in [0.05, 0.1) is 6.21 Å². The van der Waals surface area contributed by atoms with E-state index in [1.165, 1.54) is 11.9 Å². The van der Waals surface area contributed by atoms with Crippen molar-refractivity contribution in [3.8, 4) is 0 Å². The van der Waals surface area contributed by atoms with Crippen molar-refractivity contribution in [2.24, 2.45) is 9.98 Å². The van der Waals surface area contributed by atoms with E-state index in [0.29, 0.717) is 0 Å². The molecule has 0 fully saturated rings. The summed E-state index contributed by atoms with van der Waals surface area (Å²) in [4.78, 5) is 31.5. The van der Waals surface area contributed by atoms with Gasteiger partial charge in [0, 0.05) is 7.05 Å². The number of hydrogen-bond acceptors (Lipinski definition) is 4. The summed E-state index contributed by atoms with van der Waals surface area (Å²) in [7, 11) is 1.53. The third kappa shape index (κ3) is 1.22. The zero-order chi connectivity index (χ0) is 10.3. The van der Waals surface area contributed by atoms with Gasteiger partial charge < -0.3 is 0 Å². The number of amides is 2. The first-order valence-electron chi connectivity index (χ1n) is 3.84. The number of aliphatic imine (C=N–C) groups is 2. The SMILES string of the molecule is CN1C(=O)C=NC2C(=O)NC(=S)N=C21. The molecule has 0 aromatic carbocycles. The van der Waals surface area contributed by atoms with Crippen LogP contribution in [0.1, 0.15) is 0 Å². The Balaban J connectivity index is 2.48. The Bertz CT molecular complexity index is 400. The van der Waals surface area contributed by atoms with E-state index < -0.39 is 6.04 Å². The van der Waals surface area contributed by atoms with Gasteiger partial charge in [-0.05, 0) is 12.2 Å². The number of nitrogens with zero attached hydrogens (tertiary/aromatic N) is 3. The minimum atomic E-state index is -0.746. The zero-order valence-electron chi connectivity index (χ0n) is 7.22. The van der Waals surface area contributed by atoms with Crippen LogP contribution in [0.5, 0.6) is 0 Å². The van der Waals surface area contributed by atoms with Crippen LogP contribution in [0.3, 0.4) is 0 Å². The second-order valence-electron chi connectivity index (χ2n) is 2.84. The fraction of sp³-hybridized carbons (Fsp3) is 0.286. The number of nitrogens with one attached hydrogen (secondary N) is 1. The highest BCUT2D eigenvalue weighted by Gasteiger charge is 2.35. The average Bonchev–Trinajstić information content (AvgIpc) is 2.12. The van der Waals surface area contributed by atoms with E-state index in [0.717, 1.165) is 6.21 Å². The Labute approximate surface area is 84.7 Å². The highest BCUT2D eigenvalue weighted by atomic mass is 32.1. The Morgan fingerprint density at radius 2 is 2.29 bits per heavy atom. The lowest BCUT2D eigenvalue weighted by Crippen LogP contribution is -2.55. The molecule has 72 valence electrons. The number of rotatable bonds is 0. The second-order valence-corrected chi connectivity index (χ2v) is 3.23. The van der Waals surface area contributed by atoms with Crippen LogP contribution >= 0.6 is 12.2 Å². The molecule has 2 aliphatic rings. The molecule has 0 saturated heterocycles. The summed E-state index contributed by atoms with van der Waals surface area (Å²) in [5.74, 6) is -0.376. The van der Waals surface area contributed by atoms with E-state index in [1.807, 2.05) is 0 Å². The van der Waals surface area contributed by atoms with Crippen LogP contribution in [0.15, 0.2) is 9.98 Å². The van der Waals surface area contributed by atoms with Crippen molar-refractivity contribution in [2.45, 2.75) is 6.04 Å². The number of carbonyl (C=O) groups is 2. The maximum atomic E-state index is 11.4. The van der Waals surface area contributed by atoms with Crippen molar-refractivity contribution in [3.63, 3.8) is 0 Å².